The Balaban J connectivity index is 1.29. The van der Waals surface area contributed by atoms with Crippen molar-refractivity contribution in [3.63, 3.8) is 0 Å². The molecular weight excluding hydrogens is 400 g/mol. The van der Waals surface area contributed by atoms with Gasteiger partial charge in [0, 0.05) is 42.4 Å². The molecule has 1 aliphatic carbocycles. The third-order valence-corrected chi connectivity index (χ3v) is 5.46. The van der Waals surface area contributed by atoms with Gasteiger partial charge in [-0.1, -0.05) is 48.5 Å². The molecule has 1 saturated carbocycles. The van der Waals surface area contributed by atoms with Gasteiger partial charge in [-0.3, -0.25) is 4.79 Å². The number of para-hydroxylation sites is 1. The molecule has 7 heteroatoms. The summed E-state index contributed by atoms with van der Waals surface area (Å²) in [5.74, 6) is 0.779. The second-order valence-corrected chi connectivity index (χ2v) is 7.84. The summed E-state index contributed by atoms with van der Waals surface area (Å²) >= 11 is 0. The van der Waals surface area contributed by atoms with Crippen molar-refractivity contribution in [1.82, 2.24) is 29.9 Å². The molecule has 4 aromatic rings. The molecule has 0 atom stereocenters. The van der Waals surface area contributed by atoms with Crippen LogP contribution >= 0.6 is 0 Å². The van der Waals surface area contributed by atoms with Crippen molar-refractivity contribution in [2.45, 2.75) is 25.3 Å². The Bertz CT molecular complexity index is 1220. The van der Waals surface area contributed by atoms with Crippen molar-refractivity contribution in [3.8, 4) is 16.9 Å². The number of carbonyl (C=O) groups excluding carboxylic acids is 1. The van der Waals surface area contributed by atoms with Crippen molar-refractivity contribution in [2.24, 2.45) is 0 Å². The third kappa shape index (κ3) is 4.51. The fourth-order valence-electron chi connectivity index (χ4n) is 3.67. The average molecular weight is 425 g/mol. The van der Waals surface area contributed by atoms with E-state index in [9.17, 15) is 4.79 Å². The Hall–Kier alpha value is -4.00. The van der Waals surface area contributed by atoms with Crippen LogP contribution in [0.3, 0.4) is 0 Å². The van der Waals surface area contributed by atoms with Gasteiger partial charge < -0.3 is 9.88 Å². The molecule has 32 heavy (non-hydrogen) atoms. The second kappa shape index (κ2) is 9.01. The van der Waals surface area contributed by atoms with E-state index in [1.807, 2.05) is 77.6 Å². The first-order chi connectivity index (χ1) is 15.8. The average Bonchev–Trinajstić information content (AvgIpc) is 3.41. The molecule has 0 bridgehead atoms. The van der Waals surface area contributed by atoms with E-state index in [1.165, 1.54) is 12.8 Å². The maximum Gasteiger partial charge on any atom is 0.244 e. The number of carbonyl (C=O) groups is 1. The minimum absolute atomic E-state index is 0.144. The van der Waals surface area contributed by atoms with Gasteiger partial charge in [-0.2, -0.15) is 5.10 Å². The summed E-state index contributed by atoms with van der Waals surface area (Å²) in [6.45, 7) is 0.517. The molecule has 7 nitrogen and oxygen atoms in total. The van der Waals surface area contributed by atoms with Crippen LogP contribution in [0.2, 0.25) is 0 Å². The van der Waals surface area contributed by atoms with Crippen molar-refractivity contribution in [1.29, 1.82) is 0 Å². The highest BCUT2D eigenvalue weighted by Crippen LogP contribution is 2.35. The molecule has 0 radical (unpaired) electrons. The quantitative estimate of drug-likeness (QED) is 0.436. The molecule has 0 unspecified atom stereocenters. The monoisotopic (exact) mass is 424 g/mol. The predicted molar refractivity (Wildman–Crippen MR) is 123 cm³/mol. The zero-order valence-corrected chi connectivity index (χ0v) is 17.6. The lowest BCUT2D eigenvalue weighted by atomic mass is 10.1. The maximum atomic E-state index is 12.4. The van der Waals surface area contributed by atoms with E-state index >= 15 is 0 Å². The third-order valence-electron chi connectivity index (χ3n) is 5.46. The summed E-state index contributed by atoms with van der Waals surface area (Å²) in [4.78, 5) is 12.4. The van der Waals surface area contributed by atoms with Crippen LogP contribution in [-0.2, 0) is 11.2 Å². The molecule has 0 aliphatic heterocycles. The smallest absolute Gasteiger partial charge is 0.244 e. The summed E-state index contributed by atoms with van der Waals surface area (Å²) in [7, 11) is 0. The zero-order chi connectivity index (χ0) is 21.8. The van der Waals surface area contributed by atoms with Gasteiger partial charge in [-0.05, 0) is 31.1 Å². The highest BCUT2D eigenvalue weighted by Gasteiger charge is 2.25. The lowest BCUT2D eigenvalue weighted by Crippen LogP contribution is -2.24. The SMILES string of the molecule is O=C(/C=C/c1cn(-c2ccccc2)nc1-c1ccccc1)NCCc1nncn1C1CC1. The maximum absolute atomic E-state index is 12.4. The van der Waals surface area contributed by atoms with E-state index in [0.29, 0.717) is 19.0 Å². The predicted octanol–water partition coefficient (Wildman–Crippen LogP) is 3.84. The largest absolute Gasteiger partial charge is 0.352 e. The molecule has 1 amide bonds. The molecule has 160 valence electrons. The van der Waals surface area contributed by atoms with Crippen LogP contribution in [0.5, 0.6) is 0 Å². The van der Waals surface area contributed by atoms with Crippen LogP contribution in [0, 0.1) is 0 Å². The summed E-state index contributed by atoms with van der Waals surface area (Å²) in [6.07, 6.45) is 10.1. The van der Waals surface area contributed by atoms with Crippen LogP contribution in [0.1, 0.15) is 30.3 Å². The van der Waals surface area contributed by atoms with Crippen molar-refractivity contribution < 1.29 is 4.79 Å². The number of rotatable bonds is 8. The Morgan fingerprint density at radius 3 is 2.56 bits per heavy atom. The molecule has 0 saturated heterocycles. The molecule has 0 spiro atoms. The van der Waals surface area contributed by atoms with Crippen molar-refractivity contribution >= 4 is 12.0 Å². The number of hydrogen-bond donors (Lipinski definition) is 1. The summed E-state index contributed by atoms with van der Waals surface area (Å²) in [6, 6.07) is 20.5. The van der Waals surface area contributed by atoms with E-state index < -0.39 is 0 Å². The van der Waals surface area contributed by atoms with Crippen LogP contribution in [0.4, 0.5) is 0 Å². The van der Waals surface area contributed by atoms with Crippen LogP contribution < -0.4 is 5.32 Å². The summed E-state index contributed by atoms with van der Waals surface area (Å²) < 4.78 is 3.96. The van der Waals surface area contributed by atoms with Gasteiger partial charge in [-0.15, -0.1) is 10.2 Å². The van der Waals surface area contributed by atoms with Gasteiger partial charge in [0.25, 0.3) is 0 Å². The normalized spacial score (nSPS) is 13.5. The summed E-state index contributed by atoms with van der Waals surface area (Å²) in [5, 5.41) is 15.9. The molecule has 1 fully saturated rings. The fourth-order valence-corrected chi connectivity index (χ4v) is 3.67. The topological polar surface area (TPSA) is 77.6 Å². The minimum atomic E-state index is -0.144. The lowest BCUT2D eigenvalue weighted by molar-refractivity contribution is -0.116. The van der Waals surface area contributed by atoms with Crippen molar-refractivity contribution in [3.05, 3.63) is 90.7 Å². The van der Waals surface area contributed by atoms with Gasteiger partial charge in [-0.25, -0.2) is 4.68 Å². The first-order valence-electron chi connectivity index (χ1n) is 10.8. The Morgan fingerprint density at radius 2 is 1.81 bits per heavy atom. The first-order valence-corrected chi connectivity index (χ1v) is 10.8. The highest BCUT2D eigenvalue weighted by atomic mass is 16.1. The molecule has 5 rings (SSSR count). The van der Waals surface area contributed by atoms with Gasteiger partial charge in [0.15, 0.2) is 0 Å². The van der Waals surface area contributed by atoms with Gasteiger partial charge in [0.1, 0.15) is 12.2 Å². The van der Waals surface area contributed by atoms with E-state index in [0.717, 1.165) is 28.3 Å². The number of benzene rings is 2. The standard InChI is InChI=1S/C25H24N6O/c32-24(26-16-15-23-28-27-18-30(23)21-12-13-21)14-11-20-17-31(22-9-5-2-6-10-22)29-25(20)19-7-3-1-4-8-19/h1-11,14,17-18,21H,12-13,15-16H2,(H,26,32)/b14-11+. The van der Waals surface area contributed by atoms with Gasteiger partial charge >= 0.3 is 0 Å². The Kier molecular flexibility index (Phi) is 5.61. The lowest BCUT2D eigenvalue weighted by Gasteiger charge is -2.05. The van der Waals surface area contributed by atoms with E-state index in [2.05, 4.69) is 20.1 Å². The number of amides is 1. The number of hydrogen-bond acceptors (Lipinski definition) is 4. The fraction of sp³-hybridized carbons (Fsp3) is 0.200. The number of nitrogens with one attached hydrogen (secondary N) is 1. The van der Waals surface area contributed by atoms with E-state index in [4.69, 9.17) is 5.10 Å². The van der Waals surface area contributed by atoms with Crippen LogP contribution in [0.15, 0.2) is 79.3 Å². The van der Waals surface area contributed by atoms with Crippen LogP contribution in [-0.4, -0.2) is 37.0 Å². The first kappa shape index (κ1) is 19.9. The zero-order valence-electron chi connectivity index (χ0n) is 17.6. The molecule has 1 aliphatic rings. The highest BCUT2D eigenvalue weighted by molar-refractivity contribution is 5.92. The molecule has 1 N–H and O–H groups in total. The molecule has 2 heterocycles. The van der Waals surface area contributed by atoms with E-state index in [-0.39, 0.29) is 5.91 Å². The van der Waals surface area contributed by atoms with Crippen molar-refractivity contribution in [2.75, 3.05) is 6.54 Å². The Morgan fingerprint density at radius 1 is 1.06 bits per heavy atom. The van der Waals surface area contributed by atoms with E-state index in [1.54, 1.807) is 12.4 Å². The Labute approximate surface area is 186 Å². The molecule has 2 aromatic carbocycles. The summed E-state index contributed by atoms with van der Waals surface area (Å²) in [5.41, 5.74) is 3.68. The number of nitrogens with zero attached hydrogens (tertiary/aromatic N) is 5. The number of aromatic nitrogens is 5. The van der Waals surface area contributed by atoms with Gasteiger partial charge in [0.2, 0.25) is 5.91 Å². The molecular formula is C25H24N6O. The van der Waals surface area contributed by atoms with Crippen LogP contribution in [0.25, 0.3) is 23.0 Å². The van der Waals surface area contributed by atoms with Gasteiger partial charge in [0.05, 0.1) is 11.4 Å². The molecule has 2 aromatic heterocycles. The minimum Gasteiger partial charge on any atom is -0.352 e. The second-order valence-electron chi connectivity index (χ2n) is 7.84.